The zero-order valence-electron chi connectivity index (χ0n) is 11.3. The summed E-state index contributed by atoms with van der Waals surface area (Å²) in [5.41, 5.74) is 9.15. The average molecular weight is 281 g/mol. The van der Waals surface area contributed by atoms with Crippen LogP contribution < -0.4 is 5.73 Å². The van der Waals surface area contributed by atoms with Gasteiger partial charge in [0.15, 0.2) is 0 Å². The van der Waals surface area contributed by atoms with Gasteiger partial charge in [-0.2, -0.15) is 23.5 Å². The smallest absolute Gasteiger partial charge is 0.0321 e. The molecule has 0 aliphatic carbocycles. The lowest BCUT2D eigenvalue weighted by molar-refractivity contribution is 0.597. The van der Waals surface area contributed by atoms with Gasteiger partial charge in [0.25, 0.3) is 0 Å². The molecule has 1 fully saturated rings. The molecular weight excluding hydrogens is 258 g/mol. The first-order chi connectivity index (χ1) is 8.70. The Labute approximate surface area is 119 Å². The highest BCUT2D eigenvalue weighted by atomic mass is 32.2. The molecule has 1 aromatic rings. The molecule has 0 bridgehead atoms. The Morgan fingerprint density at radius 2 is 1.89 bits per heavy atom. The van der Waals surface area contributed by atoms with Crippen LogP contribution in [0.2, 0.25) is 0 Å². The van der Waals surface area contributed by atoms with Gasteiger partial charge in [0.05, 0.1) is 0 Å². The number of rotatable bonds is 4. The fourth-order valence-electron chi connectivity index (χ4n) is 2.45. The Morgan fingerprint density at radius 1 is 1.22 bits per heavy atom. The molecular formula is C15H23NS2. The molecule has 0 amide bonds. The molecule has 0 saturated carbocycles. The van der Waals surface area contributed by atoms with E-state index in [1.165, 1.54) is 29.1 Å². The van der Waals surface area contributed by atoms with Gasteiger partial charge in [0, 0.05) is 28.0 Å². The van der Waals surface area contributed by atoms with Crippen molar-refractivity contribution >= 4 is 23.5 Å². The molecule has 0 aromatic heterocycles. The summed E-state index contributed by atoms with van der Waals surface area (Å²) in [6.07, 6.45) is 2.25. The molecule has 3 atom stereocenters. The molecule has 1 aromatic carbocycles. The van der Waals surface area contributed by atoms with Crippen LogP contribution >= 0.6 is 23.5 Å². The van der Waals surface area contributed by atoms with Gasteiger partial charge in [-0.25, -0.2) is 0 Å². The first-order valence-corrected chi connectivity index (χ1v) is 8.84. The van der Waals surface area contributed by atoms with Crippen molar-refractivity contribution in [2.75, 3.05) is 11.5 Å². The maximum atomic E-state index is 6.45. The number of aryl methyl sites for hydroxylation is 1. The Kier molecular flexibility index (Phi) is 5.46. The highest BCUT2D eigenvalue weighted by molar-refractivity contribution is 8.07. The fourth-order valence-corrected chi connectivity index (χ4v) is 5.64. The lowest BCUT2D eigenvalue weighted by Gasteiger charge is -2.34. The largest absolute Gasteiger partial charge is 0.326 e. The quantitative estimate of drug-likeness (QED) is 0.915. The topological polar surface area (TPSA) is 26.0 Å². The average Bonchev–Trinajstić information content (AvgIpc) is 2.41. The molecule has 1 aliphatic heterocycles. The molecule has 18 heavy (non-hydrogen) atoms. The first kappa shape index (κ1) is 14.3. The van der Waals surface area contributed by atoms with E-state index in [1.807, 2.05) is 0 Å². The highest BCUT2D eigenvalue weighted by Crippen LogP contribution is 2.35. The number of hydrogen-bond acceptors (Lipinski definition) is 3. The Balaban J connectivity index is 1.97. The van der Waals surface area contributed by atoms with Gasteiger partial charge < -0.3 is 5.73 Å². The van der Waals surface area contributed by atoms with Crippen LogP contribution in [-0.4, -0.2) is 28.0 Å². The van der Waals surface area contributed by atoms with Crippen molar-refractivity contribution in [1.29, 1.82) is 0 Å². The van der Waals surface area contributed by atoms with E-state index in [-0.39, 0.29) is 6.04 Å². The van der Waals surface area contributed by atoms with Crippen molar-refractivity contribution in [3.63, 3.8) is 0 Å². The molecule has 1 saturated heterocycles. The maximum Gasteiger partial charge on any atom is 0.0321 e. The zero-order valence-corrected chi connectivity index (χ0v) is 12.9. The minimum absolute atomic E-state index is 0.287. The van der Waals surface area contributed by atoms with Crippen molar-refractivity contribution in [3.05, 3.63) is 35.4 Å². The van der Waals surface area contributed by atoms with Crippen LogP contribution in [0, 0.1) is 6.92 Å². The second-order valence-corrected chi connectivity index (χ2v) is 7.64. The molecule has 1 heterocycles. The molecule has 100 valence electrons. The van der Waals surface area contributed by atoms with E-state index in [0.717, 1.165) is 11.7 Å². The summed E-state index contributed by atoms with van der Waals surface area (Å²) in [6, 6.07) is 9.09. The van der Waals surface area contributed by atoms with Gasteiger partial charge in [-0.1, -0.05) is 36.8 Å². The summed E-state index contributed by atoms with van der Waals surface area (Å²) in [5.74, 6) is 2.55. The molecule has 0 radical (unpaired) electrons. The van der Waals surface area contributed by atoms with E-state index >= 15 is 0 Å². The minimum atomic E-state index is 0.287. The summed E-state index contributed by atoms with van der Waals surface area (Å²) in [4.78, 5) is 0. The fraction of sp³-hybridized carbons (Fsp3) is 0.600. The lowest BCUT2D eigenvalue weighted by atomic mass is 10.0. The van der Waals surface area contributed by atoms with Gasteiger partial charge in [0.1, 0.15) is 0 Å². The highest BCUT2D eigenvalue weighted by Gasteiger charge is 2.29. The van der Waals surface area contributed by atoms with Crippen LogP contribution in [-0.2, 0) is 6.42 Å². The third-order valence-electron chi connectivity index (χ3n) is 3.51. The van der Waals surface area contributed by atoms with Crippen LogP contribution in [0.5, 0.6) is 0 Å². The van der Waals surface area contributed by atoms with Gasteiger partial charge in [-0.3, -0.25) is 0 Å². The van der Waals surface area contributed by atoms with Crippen LogP contribution in [0.15, 0.2) is 24.3 Å². The molecule has 0 spiro atoms. The lowest BCUT2D eigenvalue weighted by Crippen LogP contribution is -2.43. The molecule has 1 nitrogen and oxygen atoms in total. The summed E-state index contributed by atoms with van der Waals surface area (Å²) >= 11 is 4.19. The summed E-state index contributed by atoms with van der Waals surface area (Å²) < 4.78 is 0. The minimum Gasteiger partial charge on any atom is -0.326 e. The number of thioether (sulfide) groups is 2. The van der Waals surface area contributed by atoms with E-state index in [1.54, 1.807) is 0 Å². The van der Waals surface area contributed by atoms with Crippen LogP contribution in [0.4, 0.5) is 0 Å². The monoisotopic (exact) mass is 281 g/mol. The Morgan fingerprint density at radius 3 is 2.56 bits per heavy atom. The number of nitrogens with two attached hydrogens (primary N) is 1. The summed E-state index contributed by atoms with van der Waals surface area (Å²) in [5, 5.41) is 1.36. The van der Waals surface area contributed by atoms with Crippen molar-refractivity contribution in [2.24, 2.45) is 5.73 Å². The number of benzene rings is 1. The second-order valence-electron chi connectivity index (χ2n) is 5.01. The van der Waals surface area contributed by atoms with Gasteiger partial charge in [-0.15, -0.1) is 0 Å². The molecule has 2 N–H and O–H groups in total. The SMILES string of the molecule is CCC1SCCSC1C(N)Cc1ccc(C)cc1. The number of hydrogen-bond donors (Lipinski definition) is 1. The molecule has 3 heteroatoms. The van der Waals surface area contributed by atoms with Crippen molar-refractivity contribution in [2.45, 2.75) is 43.2 Å². The third kappa shape index (κ3) is 3.69. The predicted molar refractivity (Wildman–Crippen MR) is 85.6 cm³/mol. The predicted octanol–water partition coefficient (Wildman–Crippen LogP) is 3.49. The van der Waals surface area contributed by atoms with Crippen molar-refractivity contribution in [1.82, 2.24) is 0 Å². The first-order valence-electron chi connectivity index (χ1n) is 6.75. The molecule has 2 rings (SSSR count). The van der Waals surface area contributed by atoms with Crippen LogP contribution in [0.25, 0.3) is 0 Å². The summed E-state index contributed by atoms with van der Waals surface area (Å²) in [6.45, 7) is 4.42. The normalized spacial score (nSPS) is 25.9. The second kappa shape index (κ2) is 6.88. The van der Waals surface area contributed by atoms with Crippen molar-refractivity contribution < 1.29 is 0 Å². The zero-order chi connectivity index (χ0) is 13.0. The van der Waals surface area contributed by atoms with Crippen molar-refractivity contribution in [3.8, 4) is 0 Å². The summed E-state index contributed by atoms with van der Waals surface area (Å²) in [7, 11) is 0. The maximum absolute atomic E-state index is 6.45. The third-order valence-corrected chi connectivity index (χ3v) is 6.94. The standard InChI is InChI=1S/C15H23NS2/c1-3-14-15(18-9-8-17-14)13(16)10-12-6-4-11(2)5-7-12/h4-7,13-15H,3,8-10,16H2,1-2H3. The van der Waals surface area contributed by atoms with Gasteiger partial charge in [0.2, 0.25) is 0 Å². The van der Waals surface area contributed by atoms with Gasteiger partial charge in [-0.05, 0) is 25.3 Å². The molecule has 1 aliphatic rings. The Hall–Kier alpha value is -0.120. The van der Waals surface area contributed by atoms with E-state index < -0.39 is 0 Å². The van der Waals surface area contributed by atoms with E-state index in [4.69, 9.17) is 5.73 Å². The van der Waals surface area contributed by atoms with Crippen LogP contribution in [0.3, 0.4) is 0 Å². The van der Waals surface area contributed by atoms with E-state index in [2.05, 4.69) is 61.6 Å². The van der Waals surface area contributed by atoms with Gasteiger partial charge >= 0.3 is 0 Å². The van der Waals surface area contributed by atoms with E-state index in [0.29, 0.717) is 5.25 Å². The van der Waals surface area contributed by atoms with Crippen LogP contribution in [0.1, 0.15) is 24.5 Å². The molecule has 3 unspecified atom stereocenters. The van der Waals surface area contributed by atoms with E-state index in [9.17, 15) is 0 Å². The Bertz CT molecular complexity index is 363.